The number of ether oxygens (including phenoxy) is 3. The number of hydrogen-bond acceptors (Lipinski definition) is 12. The van der Waals surface area contributed by atoms with E-state index in [9.17, 15) is 14.4 Å². The Hall–Kier alpha value is -2.31. The molecule has 0 aromatic carbocycles. The molecule has 45 heavy (non-hydrogen) atoms. The van der Waals surface area contributed by atoms with Gasteiger partial charge in [-0.05, 0) is 83.5 Å². The summed E-state index contributed by atoms with van der Waals surface area (Å²) < 4.78 is 15.9. The molecule has 0 saturated carbocycles. The van der Waals surface area contributed by atoms with E-state index in [1.807, 2.05) is 62.3 Å². The molecule has 0 rings (SSSR count). The first kappa shape index (κ1) is 42.7. The van der Waals surface area contributed by atoms with Crippen molar-refractivity contribution in [1.82, 2.24) is 0 Å². The first-order valence-corrected chi connectivity index (χ1v) is 15.6. The van der Waals surface area contributed by atoms with Gasteiger partial charge in [0.2, 0.25) is 0 Å². The number of carbonyl (C=O) groups is 3. The molecule has 0 saturated heterocycles. The van der Waals surface area contributed by atoms with Crippen LogP contribution in [0.25, 0.3) is 0 Å². The zero-order valence-electron chi connectivity index (χ0n) is 30.8. The van der Waals surface area contributed by atoms with Gasteiger partial charge in [-0.25, -0.2) is 14.4 Å². The molecule has 12 heteroatoms. The minimum atomic E-state index is -1.21. The molecule has 0 spiro atoms. The number of rotatable bonds is 16. The Morgan fingerprint density at radius 1 is 0.422 bits per heavy atom. The first-order chi connectivity index (χ1) is 20.0. The van der Waals surface area contributed by atoms with Crippen molar-refractivity contribution in [2.45, 2.75) is 153 Å². The molecule has 0 aromatic rings. The highest BCUT2D eigenvalue weighted by atomic mass is 17.2. The van der Waals surface area contributed by atoms with E-state index in [0.717, 1.165) is 0 Å². The minimum absolute atomic E-state index is 0.0800. The smallest absolute Gasteiger partial charge is 0.431 e. The van der Waals surface area contributed by atoms with Gasteiger partial charge in [0.25, 0.3) is 0 Å². The van der Waals surface area contributed by atoms with Crippen molar-refractivity contribution < 1.29 is 57.9 Å². The molecule has 0 atom stereocenters. The predicted octanol–water partition coefficient (Wildman–Crippen LogP) is 9.28. The lowest BCUT2D eigenvalue weighted by atomic mass is 9.84. The van der Waals surface area contributed by atoms with Crippen LogP contribution >= 0.6 is 0 Å². The number of carbonyl (C=O) groups excluding carboxylic acids is 3. The minimum Gasteiger partial charge on any atom is -0.431 e. The van der Waals surface area contributed by atoms with Crippen LogP contribution < -0.4 is 0 Å². The lowest BCUT2D eigenvalue weighted by Crippen LogP contribution is -2.40. The van der Waals surface area contributed by atoms with Crippen LogP contribution in [0.4, 0.5) is 14.4 Å². The van der Waals surface area contributed by atoms with Crippen molar-refractivity contribution in [3.8, 4) is 0 Å². The van der Waals surface area contributed by atoms with Crippen LogP contribution in [0.15, 0.2) is 0 Å². The third-order valence-corrected chi connectivity index (χ3v) is 6.11. The summed E-state index contributed by atoms with van der Waals surface area (Å²) >= 11 is 0. The third-order valence-electron chi connectivity index (χ3n) is 6.11. The van der Waals surface area contributed by atoms with Crippen LogP contribution in [-0.2, 0) is 43.5 Å². The van der Waals surface area contributed by atoms with E-state index in [2.05, 4.69) is 0 Å². The zero-order chi connectivity index (χ0) is 35.5. The maximum atomic E-state index is 12.5. The van der Waals surface area contributed by atoms with Crippen molar-refractivity contribution >= 4 is 18.5 Å². The zero-order valence-corrected chi connectivity index (χ0v) is 30.8. The molecule has 12 nitrogen and oxygen atoms in total. The van der Waals surface area contributed by atoms with Gasteiger partial charge in [-0.2, -0.15) is 14.7 Å². The Kier molecular flexibility index (Phi) is 15.6. The van der Waals surface area contributed by atoms with E-state index in [1.165, 1.54) is 0 Å². The summed E-state index contributed by atoms with van der Waals surface area (Å²) in [6.07, 6.45) is -1.30. The molecule has 0 aromatic heterocycles. The van der Waals surface area contributed by atoms with Crippen molar-refractivity contribution in [3.05, 3.63) is 0 Å². The number of hydrogen-bond donors (Lipinski definition) is 0. The van der Waals surface area contributed by atoms with Crippen LogP contribution in [0.2, 0.25) is 0 Å². The fraction of sp³-hybridized carbons (Fsp3) is 0.909. The van der Waals surface area contributed by atoms with E-state index in [1.54, 1.807) is 48.5 Å². The monoisotopic (exact) mass is 650 g/mol. The quantitative estimate of drug-likeness (QED) is 0.0681. The second-order valence-electron chi connectivity index (χ2n) is 17.5. The summed E-state index contributed by atoms with van der Waals surface area (Å²) in [5.74, 6) is 0. The predicted molar refractivity (Wildman–Crippen MR) is 168 cm³/mol. The average molecular weight is 651 g/mol. The summed E-state index contributed by atoms with van der Waals surface area (Å²) in [6.45, 7) is 29.7. The fourth-order valence-electron chi connectivity index (χ4n) is 5.50. The molecule has 0 aliphatic carbocycles. The summed E-state index contributed by atoms with van der Waals surface area (Å²) in [6, 6.07) is 0. The maximum Gasteiger partial charge on any atom is 0.540 e. The molecule has 266 valence electrons. The normalized spacial score (nSPS) is 13.6. The van der Waals surface area contributed by atoms with Gasteiger partial charge in [0.1, 0.15) is 36.6 Å². The lowest BCUT2D eigenvalue weighted by Gasteiger charge is -2.32. The molecule has 0 amide bonds. The molecule has 0 fully saturated rings. The van der Waals surface area contributed by atoms with Crippen molar-refractivity contribution in [2.75, 3.05) is 19.8 Å². The van der Waals surface area contributed by atoms with Gasteiger partial charge in [0.05, 0.1) is 5.41 Å². The fourth-order valence-corrected chi connectivity index (χ4v) is 5.50. The van der Waals surface area contributed by atoms with Gasteiger partial charge in [0, 0.05) is 0 Å². The highest BCUT2D eigenvalue weighted by Crippen LogP contribution is 2.32. The van der Waals surface area contributed by atoms with E-state index in [0.29, 0.717) is 19.3 Å². The average Bonchev–Trinajstić information content (AvgIpc) is 2.80. The van der Waals surface area contributed by atoms with Gasteiger partial charge < -0.3 is 14.2 Å². The molecule has 0 bridgehead atoms. The molecule has 0 N–H and O–H groups in total. The summed E-state index contributed by atoms with van der Waals surface area (Å²) in [7, 11) is 0. The molecule has 0 aliphatic heterocycles. The van der Waals surface area contributed by atoms with Crippen LogP contribution in [-0.4, -0.2) is 55.1 Å². The van der Waals surface area contributed by atoms with Crippen LogP contribution in [0.5, 0.6) is 0 Å². The van der Waals surface area contributed by atoms with Crippen molar-refractivity contribution in [3.63, 3.8) is 0 Å². The van der Waals surface area contributed by atoms with Crippen molar-refractivity contribution in [2.24, 2.45) is 21.7 Å². The second-order valence-corrected chi connectivity index (χ2v) is 17.5. The molecule has 0 radical (unpaired) electrons. The Labute approximate surface area is 271 Å². The summed E-state index contributed by atoms with van der Waals surface area (Å²) in [5.41, 5.74) is -3.78. The molecule has 0 aliphatic rings. The highest BCUT2D eigenvalue weighted by molar-refractivity contribution is 5.60. The Morgan fingerprint density at radius 3 is 0.822 bits per heavy atom. The van der Waals surface area contributed by atoms with Gasteiger partial charge in [-0.3, -0.25) is 14.7 Å². The largest absolute Gasteiger partial charge is 0.540 e. The van der Waals surface area contributed by atoms with Gasteiger partial charge in [-0.15, -0.1) is 0 Å². The van der Waals surface area contributed by atoms with E-state index >= 15 is 0 Å². The van der Waals surface area contributed by atoms with E-state index in [4.69, 9.17) is 43.5 Å². The summed E-state index contributed by atoms with van der Waals surface area (Å²) in [4.78, 5) is 68.2. The Morgan fingerprint density at radius 2 is 0.644 bits per heavy atom. The molecule has 0 unspecified atom stereocenters. The second kappa shape index (κ2) is 16.5. The van der Waals surface area contributed by atoms with Crippen LogP contribution in [0.1, 0.15) is 136 Å². The third kappa shape index (κ3) is 22.0. The van der Waals surface area contributed by atoms with E-state index in [-0.39, 0.29) is 42.5 Å². The van der Waals surface area contributed by atoms with Crippen LogP contribution in [0, 0.1) is 21.7 Å². The topological polar surface area (TPSA) is 134 Å². The van der Waals surface area contributed by atoms with Crippen molar-refractivity contribution in [1.29, 1.82) is 0 Å². The molecular weight excluding hydrogens is 588 g/mol. The highest BCUT2D eigenvalue weighted by Gasteiger charge is 2.37. The standard InChI is InChI=1S/C33H62O12/c1-17-33(21-37-24(34)40-43-30(11,12)18-27(2,3)4,22-38-25(35)41-44-31(13,14)19-28(5,6)7)23-39-26(36)42-45-32(15,16)20-29(8,9)10/h17-23H2,1-16H3. The van der Waals surface area contributed by atoms with Gasteiger partial charge in [-0.1, -0.05) is 69.2 Å². The first-order valence-electron chi connectivity index (χ1n) is 15.6. The Bertz CT molecular complexity index is 816. The molecular formula is C33H62O12. The summed E-state index contributed by atoms with van der Waals surface area (Å²) in [5, 5.41) is 0. The van der Waals surface area contributed by atoms with Gasteiger partial charge in [0.15, 0.2) is 0 Å². The lowest BCUT2D eigenvalue weighted by molar-refractivity contribution is -0.327. The SMILES string of the molecule is CCC(COC(=O)OOC(C)(C)CC(C)(C)C)(COC(=O)OOC(C)(C)CC(C)(C)C)COC(=O)OOC(C)(C)CC(C)(C)C. The molecule has 0 heterocycles. The van der Waals surface area contributed by atoms with Crippen LogP contribution in [0.3, 0.4) is 0 Å². The van der Waals surface area contributed by atoms with E-state index < -0.39 is 40.7 Å². The maximum absolute atomic E-state index is 12.5. The van der Waals surface area contributed by atoms with Gasteiger partial charge >= 0.3 is 18.5 Å². The Balaban J connectivity index is 5.49.